The maximum atomic E-state index is 12.5. The highest BCUT2D eigenvalue weighted by Gasteiger charge is 2.22. The standard InChI is InChI=1S/C17H18N2O2S2/c1-10-15(23-17(22)18-10)9-16(20)19(3)11(2)14-8-12-6-4-5-7-13(12)21-14/h4-8,11H,9H2,1-3H3,(H,18,22)/t11-/m1/s1. The average molecular weight is 346 g/mol. The molecule has 2 heterocycles. The van der Waals surface area contributed by atoms with Gasteiger partial charge in [-0.1, -0.05) is 18.2 Å². The van der Waals surface area contributed by atoms with Gasteiger partial charge in [-0.05, 0) is 38.2 Å². The van der Waals surface area contributed by atoms with E-state index < -0.39 is 0 Å². The van der Waals surface area contributed by atoms with Crippen molar-refractivity contribution in [1.29, 1.82) is 0 Å². The first-order valence-electron chi connectivity index (χ1n) is 7.38. The normalized spacial score (nSPS) is 12.5. The predicted octanol–water partition coefficient (Wildman–Crippen LogP) is 4.62. The van der Waals surface area contributed by atoms with E-state index in [1.807, 2.05) is 44.2 Å². The van der Waals surface area contributed by atoms with Gasteiger partial charge in [-0.3, -0.25) is 4.79 Å². The van der Waals surface area contributed by atoms with Crippen molar-refractivity contribution < 1.29 is 9.21 Å². The van der Waals surface area contributed by atoms with E-state index in [1.165, 1.54) is 11.3 Å². The Morgan fingerprint density at radius 1 is 1.43 bits per heavy atom. The van der Waals surface area contributed by atoms with Gasteiger partial charge in [0.1, 0.15) is 11.3 Å². The van der Waals surface area contributed by atoms with Crippen LogP contribution < -0.4 is 0 Å². The van der Waals surface area contributed by atoms with E-state index in [0.29, 0.717) is 10.4 Å². The third-order valence-corrected chi connectivity index (χ3v) is 5.40. The van der Waals surface area contributed by atoms with Gasteiger partial charge in [0.05, 0.1) is 12.5 Å². The maximum Gasteiger partial charge on any atom is 0.228 e. The molecule has 0 saturated carbocycles. The number of aromatic nitrogens is 1. The number of hydrogen-bond donors (Lipinski definition) is 1. The first kappa shape index (κ1) is 16.0. The van der Waals surface area contributed by atoms with Crippen molar-refractivity contribution in [2.75, 3.05) is 7.05 Å². The second-order valence-corrected chi connectivity index (χ2v) is 7.38. The van der Waals surface area contributed by atoms with E-state index in [4.69, 9.17) is 16.6 Å². The van der Waals surface area contributed by atoms with Crippen LogP contribution in [0, 0.1) is 10.9 Å². The lowest BCUT2D eigenvalue weighted by molar-refractivity contribution is -0.131. The summed E-state index contributed by atoms with van der Waals surface area (Å²) in [7, 11) is 1.81. The number of aryl methyl sites for hydroxylation is 1. The van der Waals surface area contributed by atoms with Crippen molar-refractivity contribution >= 4 is 40.4 Å². The van der Waals surface area contributed by atoms with Crippen LogP contribution in [-0.2, 0) is 11.2 Å². The van der Waals surface area contributed by atoms with Crippen molar-refractivity contribution in [3.05, 3.63) is 50.6 Å². The van der Waals surface area contributed by atoms with Gasteiger partial charge in [0.25, 0.3) is 0 Å². The molecule has 0 spiro atoms. The zero-order valence-electron chi connectivity index (χ0n) is 13.3. The number of furan rings is 1. The summed E-state index contributed by atoms with van der Waals surface area (Å²) < 4.78 is 6.57. The Morgan fingerprint density at radius 3 is 2.83 bits per heavy atom. The highest BCUT2D eigenvalue weighted by Crippen LogP contribution is 2.27. The lowest BCUT2D eigenvalue weighted by Crippen LogP contribution is -2.30. The smallest absolute Gasteiger partial charge is 0.228 e. The summed E-state index contributed by atoms with van der Waals surface area (Å²) in [6.45, 7) is 3.92. The minimum absolute atomic E-state index is 0.0475. The van der Waals surface area contributed by atoms with Crippen LogP contribution in [0.2, 0.25) is 0 Å². The van der Waals surface area contributed by atoms with E-state index >= 15 is 0 Å². The summed E-state index contributed by atoms with van der Waals surface area (Å²) in [5, 5.41) is 1.05. The first-order chi connectivity index (χ1) is 11.0. The van der Waals surface area contributed by atoms with Gasteiger partial charge < -0.3 is 14.3 Å². The number of carbonyl (C=O) groups excluding carboxylic acids is 1. The molecular formula is C17H18N2O2S2. The number of hydrogen-bond acceptors (Lipinski definition) is 4. The van der Waals surface area contributed by atoms with Crippen LogP contribution >= 0.6 is 23.6 Å². The number of aromatic amines is 1. The lowest BCUT2D eigenvalue weighted by atomic mass is 10.2. The second kappa shape index (κ2) is 6.29. The Kier molecular flexibility index (Phi) is 4.37. The van der Waals surface area contributed by atoms with Crippen molar-refractivity contribution in [3.63, 3.8) is 0 Å². The SMILES string of the molecule is Cc1[nH]c(=S)sc1CC(=O)N(C)[C@H](C)c1cc2ccccc2o1. The summed E-state index contributed by atoms with van der Waals surface area (Å²) in [5.41, 5.74) is 1.81. The van der Waals surface area contributed by atoms with E-state index in [0.717, 1.165) is 27.3 Å². The third-order valence-electron chi connectivity index (χ3n) is 4.07. The van der Waals surface area contributed by atoms with Crippen molar-refractivity contribution in [1.82, 2.24) is 9.88 Å². The summed E-state index contributed by atoms with van der Waals surface area (Å²) in [4.78, 5) is 18.3. The number of benzene rings is 1. The van der Waals surface area contributed by atoms with Crippen LogP contribution in [0.3, 0.4) is 0 Å². The Bertz CT molecular complexity index is 874. The fraction of sp³-hybridized carbons (Fsp3) is 0.294. The number of amides is 1. The summed E-state index contributed by atoms with van der Waals surface area (Å²) >= 11 is 6.59. The topological polar surface area (TPSA) is 49.2 Å². The van der Waals surface area contributed by atoms with E-state index in [9.17, 15) is 4.79 Å². The highest BCUT2D eigenvalue weighted by atomic mass is 32.1. The molecule has 0 saturated heterocycles. The molecule has 0 aliphatic carbocycles. The molecule has 0 fully saturated rings. The number of rotatable bonds is 4. The Morgan fingerprint density at radius 2 is 2.17 bits per heavy atom. The molecule has 3 rings (SSSR count). The van der Waals surface area contributed by atoms with Crippen molar-refractivity contribution in [2.45, 2.75) is 26.3 Å². The van der Waals surface area contributed by atoms with Crippen molar-refractivity contribution in [3.8, 4) is 0 Å². The third kappa shape index (κ3) is 3.23. The molecule has 0 unspecified atom stereocenters. The number of H-pyrrole nitrogens is 1. The van der Waals surface area contributed by atoms with Gasteiger partial charge in [0, 0.05) is 23.0 Å². The molecule has 1 N–H and O–H groups in total. The monoisotopic (exact) mass is 346 g/mol. The molecule has 1 amide bonds. The molecule has 0 radical (unpaired) electrons. The van der Waals surface area contributed by atoms with Gasteiger partial charge in [-0.15, -0.1) is 11.3 Å². The molecule has 0 bridgehead atoms. The van der Waals surface area contributed by atoms with Gasteiger partial charge >= 0.3 is 0 Å². The molecule has 1 atom stereocenters. The lowest BCUT2D eigenvalue weighted by Gasteiger charge is -2.23. The maximum absolute atomic E-state index is 12.5. The minimum Gasteiger partial charge on any atom is -0.459 e. The number of carbonyl (C=O) groups is 1. The van der Waals surface area contributed by atoms with Crippen LogP contribution in [0.15, 0.2) is 34.7 Å². The molecule has 3 aromatic rings. The van der Waals surface area contributed by atoms with Crippen LogP contribution in [0.5, 0.6) is 0 Å². The molecule has 23 heavy (non-hydrogen) atoms. The Hall–Kier alpha value is -1.92. The quantitative estimate of drug-likeness (QED) is 0.701. The number of thiazole rings is 1. The number of likely N-dealkylation sites (N-methyl/N-ethyl adjacent to an activating group) is 1. The molecule has 120 valence electrons. The van der Waals surface area contributed by atoms with Crippen LogP contribution in [0.1, 0.15) is 29.3 Å². The summed E-state index contributed by atoms with van der Waals surface area (Å²) in [6.07, 6.45) is 0.352. The molecule has 1 aromatic carbocycles. The number of nitrogens with one attached hydrogen (secondary N) is 1. The molecule has 0 aliphatic rings. The van der Waals surface area contributed by atoms with Crippen molar-refractivity contribution in [2.24, 2.45) is 0 Å². The summed E-state index contributed by atoms with van der Waals surface area (Å²) in [5.74, 6) is 0.840. The van der Waals surface area contributed by atoms with Gasteiger partial charge in [-0.2, -0.15) is 0 Å². The average Bonchev–Trinajstić information content (AvgIpc) is 3.08. The van der Waals surface area contributed by atoms with E-state index in [1.54, 1.807) is 11.9 Å². The zero-order chi connectivity index (χ0) is 16.6. The molecule has 4 nitrogen and oxygen atoms in total. The zero-order valence-corrected chi connectivity index (χ0v) is 14.9. The summed E-state index contributed by atoms with van der Waals surface area (Å²) in [6, 6.07) is 9.73. The van der Waals surface area contributed by atoms with Crippen LogP contribution in [-0.4, -0.2) is 22.8 Å². The number of nitrogens with zero attached hydrogens (tertiary/aromatic N) is 1. The number of fused-ring (bicyclic) bond motifs is 1. The molecule has 0 aliphatic heterocycles. The predicted molar refractivity (Wildman–Crippen MR) is 95.3 cm³/mol. The van der Waals surface area contributed by atoms with Gasteiger partial charge in [-0.25, -0.2) is 0 Å². The molecule has 2 aromatic heterocycles. The Balaban J connectivity index is 1.78. The van der Waals surface area contributed by atoms with E-state index in [2.05, 4.69) is 4.98 Å². The van der Waals surface area contributed by atoms with Gasteiger partial charge in [0.15, 0.2) is 3.95 Å². The van der Waals surface area contributed by atoms with Crippen LogP contribution in [0.4, 0.5) is 0 Å². The van der Waals surface area contributed by atoms with Gasteiger partial charge in [0.2, 0.25) is 5.91 Å². The second-order valence-electron chi connectivity index (χ2n) is 5.61. The Labute approximate surface area is 143 Å². The van der Waals surface area contributed by atoms with Crippen LogP contribution in [0.25, 0.3) is 11.0 Å². The first-order valence-corrected chi connectivity index (χ1v) is 8.61. The fourth-order valence-corrected chi connectivity index (χ4v) is 3.77. The minimum atomic E-state index is -0.123. The molecular weight excluding hydrogens is 328 g/mol. The largest absolute Gasteiger partial charge is 0.459 e. The fourth-order valence-electron chi connectivity index (χ4n) is 2.48. The number of para-hydroxylation sites is 1. The van der Waals surface area contributed by atoms with E-state index in [-0.39, 0.29) is 11.9 Å². The highest BCUT2D eigenvalue weighted by molar-refractivity contribution is 7.73. The molecule has 6 heteroatoms.